The summed E-state index contributed by atoms with van der Waals surface area (Å²) in [6, 6.07) is 2.93. The predicted octanol–water partition coefficient (Wildman–Crippen LogP) is 2.15. The lowest BCUT2D eigenvalue weighted by molar-refractivity contribution is -0.139. The Kier molecular flexibility index (Phi) is 4.83. The molecule has 1 aromatic rings. The Bertz CT molecular complexity index is 740. The van der Waals surface area contributed by atoms with E-state index in [0.717, 1.165) is 18.2 Å². The molecule has 1 saturated carbocycles. The second-order valence-corrected chi connectivity index (χ2v) is 8.79. The molecule has 6 nitrogen and oxygen atoms in total. The number of alkyl halides is 2. The molecule has 1 aliphatic rings. The summed E-state index contributed by atoms with van der Waals surface area (Å²) in [7, 11) is -3.95. The number of benzene rings is 1. The Morgan fingerprint density at radius 1 is 1.48 bits per heavy atom. The number of hydrogen-bond donors (Lipinski definition) is 2. The standard InChI is InChI=1S/C13H14Cl2FNO5S/c1-12(6-13(12,14)15)7-17-23(20,21)8-2-3-10(9(16)4-8)22-5-11(18)19/h2-4,17H,5-7H2,1H3,(H,18,19). The van der Waals surface area contributed by atoms with Crippen LogP contribution in [0.25, 0.3) is 0 Å². The zero-order chi connectivity index (χ0) is 17.5. The molecule has 23 heavy (non-hydrogen) atoms. The number of nitrogens with one attached hydrogen (secondary N) is 1. The first-order valence-electron chi connectivity index (χ1n) is 6.48. The highest BCUT2D eigenvalue weighted by Crippen LogP contribution is 2.63. The molecule has 0 spiro atoms. The molecule has 0 saturated heterocycles. The fourth-order valence-corrected chi connectivity index (χ4v) is 3.79. The number of carboxylic acid groups (broad SMARTS) is 1. The number of hydrogen-bond acceptors (Lipinski definition) is 4. The van der Waals surface area contributed by atoms with E-state index in [1.165, 1.54) is 0 Å². The molecule has 0 bridgehead atoms. The maximum absolute atomic E-state index is 13.8. The third-order valence-electron chi connectivity index (χ3n) is 3.59. The van der Waals surface area contributed by atoms with Gasteiger partial charge in [-0.1, -0.05) is 6.92 Å². The Balaban J connectivity index is 2.08. The maximum atomic E-state index is 13.8. The molecule has 1 aliphatic carbocycles. The van der Waals surface area contributed by atoms with Gasteiger partial charge in [-0.25, -0.2) is 22.3 Å². The van der Waals surface area contributed by atoms with Gasteiger partial charge in [0.25, 0.3) is 0 Å². The fourth-order valence-electron chi connectivity index (χ4n) is 1.88. The first-order chi connectivity index (χ1) is 10.5. The summed E-state index contributed by atoms with van der Waals surface area (Å²) < 4.78 is 44.1. The molecule has 2 rings (SSSR count). The van der Waals surface area contributed by atoms with Gasteiger partial charge in [0.15, 0.2) is 18.2 Å². The summed E-state index contributed by atoms with van der Waals surface area (Å²) in [5.74, 6) is -2.59. The van der Waals surface area contributed by atoms with Crippen LogP contribution in [0.2, 0.25) is 0 Å². The zero-order valence-electron chi connectivity index (χ0n) is 12.0. The maximum Gasteiger partial charge on any atom is 0.341 e. The number of carbonyl (C=O) groups is 1. The third-order valence-corrected chi connectivity index (χ3v) is 6.17. The van der Waals surface area contributed by atoms with Crippen LogP contribution in [0.15, 0.2) is 23.1 Å². The van der Waals surface area contributed by atoms with Crippen molar-refractivity contribution < 1.29 is 27.4 Å². The lowest BCUT2D eigenvalue weighted by atomic mass is 10.1. The molecule has 10 heteroatoms. The van der Waals surface area contributed by atoms with Gasteiger partial charge in [0.1, 0.15) is 4.33 Å². The van der Waals surface area contributed by atoms with E-state index >= 15 is 0 Å². The van der Waals surface area contributed by atoms with Crippen LogP contribution < -0.4 is 9.46 Å². The fraction of sp³-hybridized carbons (Fsp3) is 0.462. The molecule has 1 atom stereocenters. The van der Waals surface area contributed by atoms with Crippen LogP contribution in [-0.2, 0) is 14.8 Å². The molecule has 1 fully saturated rings. The van der Waals surface area contributed by atoms with Crippen molar-refractivity contribution in [1.82, 2.24) is 4.72 Å². The van der Waals surface area contributed by atoms with Crippen LogP contribution in [0, 0.1) is 11.2 Å². The normalized spacial score (nSPS) is 22.6. The van der Waals surface area contributed by atoms with Gasteiger partial charge < -0.3 is 9.84 Å². The van der Waals surface area contributed by atoms with Gasteiger partial charge in [0.05, 0.1) is 4.90 Å². The topological polar surface area (TPSA) is 92.7 Å². The summed E-state index contributed by atoms with van der Waals surface area (Å²) in [6.07, 6.45) is 0.446. The first kappa shape index (κ1) is 18.3. The summed E-state index contributed by atoms with van der Waals surface area (Å²) in [4.78, 5) is 10.1. The zero-order valence-corrected chi connectivity index (χ0v) is 14.3. The number of carboxylic acids is 1. The van der Waals surface area contributed by atoms with Gasteiger partial charge in [-0.05, 0) is 24.6 Å². The van der Waals surface area contributed by atoms with Crippen molar-refractivity contribution in [3.05, 3.63) is 24.0 Å². The largest absolute Gasteiger partial charge is 0.479 e. The molecule has 0 aliphatic heterocycles. The van der Waals surface area contributed by atoms with Crippen molar-refractivity contribution in [2.24, 2.45) is 5.41 Å². The molecule has 1 unspecified atom stereocenters. The average Bonchev–Trinajstić information content (AvgIpc) is 2.94. The van der Waals surface area contributed by atoms with Crippen LogP contribution in [0.5, 0.6) is 5.75 Å². The van der Waals surface area contributed by atoms with Crippen molar-refractivity contribution in [3.8, 4) is 5.75 Å². The molecule has 2 N–H and O–H groups in total. The quantitative estimate of drug-likeness (QED) is 0.701. The second-order valence-electron chi connectivity index (χ2n) is 5.54. The number of aliphatic carboxylic acids is 1. The molecule has 0 radical (unpaired) electrons. The Hall–Kier alpha value is -1.09. The van der Waals surface area contributed by atoms with E-state index in [4.69, 9.17) is 33.0 Å². The van der Waals surface area contributed by atoms with E-state index in [-0.39, 0.29) is 17.2 Å². The van der Waals surface area contributed by atoms with Gasteiger partial charge >= 0.3 is 5.97 Å². The van der Waals surface area contributed by atoms with Crippen LogP contribution in [-0.4, -0.2) is 37.0 Å². The smallest absolute Gasteiger partial charge is 0.341 e. The molecular formula is C13H14Cl2FNO5S. The highest BCUT2D eigenvalue weighted by Gasteiger charge is 2.62. The van der Waals surface area contributed by atoms with Crippen molar-refractivity contribution in [1.29, 1.82) is 0 Å². The molecule has 0 heterocycles. The number of ether oxygens (including phenoxy) is 1. The molecule has 128 valence electrons. The van der Waals surface area contributed by atoms with Crippen LogP contribution in [0.1, 0.15) is 13.3 Å². The van der Waals surface area contributed by atoms with Gasteiger partial charge in [0, 0.05) is 12.0 Å². The van der Waals surface area contributed by atoms with Gasteiger partial charge in [-0.2, -0.15) is 0 Å². The number of rotatable bonds is 7. The summed E-state index contributed by atoms with van der Waals surface area (Å²) in [5.41, 5.74) is -0.577. The minimum absolute atomic E-state index is 0.0151. The minimum atomic E-state index is -3.95. The van der Waals surface area contributed by atoms with E-state index in [1.54, 1.807) is 6.92 Å². The monoisotopic (exact) mass is 385 g/mol. The lowest BCUT2D eigenvalue weighted by Gasteiger charge is -2.14. The van der Waals surface area contributed by atoms with E-state index < -0.39 is 38.2 Å². The van der Waals surface area contributed by atoms with Crippen molar-refractivity contribution >= 4 is 39.2 Å². The molecular weight excluding hydrogens is 372 g/mol. The number of halogens is 3. The van der Waals surface area contributed by atoms with E-state index in [1.807, 2.05) is 0 Å². The molecule has 0 aromatic heterocycles. The van der Waals surface area contributed by atoms with Crippen LogP contribution >= 0.6 is 23.2 Å². The number of sulfonamides is 1. The van der Waals surface area contributed by atoms with Gasteiger partial charge in [-0.3, -0.25) is 0 Å². The van der Waals surface area contributed by atoms with E-state index in [2.05, 4.69) is 4.72 Å². The van der Waals surface area contributed by atoms with Crippen LogP contribution in [0.4, 0.5) is 4.39 Å². The average molecular weight is 386 g/mol. The Labute approximate surface area is 142 Å². The Morgan fingerprint density at radius 2 is 2.09 bits per heavy atom. The second kappa shape index (κ2) is 6.08. The summed E-state index contributed by atoms with van der Waals surface area (Å²) in [5, 5.41) is 8.47. The predicted molar refractivity (Wildman–Crippen MR) is 81.9 cm³/mol. The highest BCUT2D eigenvalue weighted by molar-refractivity contribution is 7.89. The Morgan fingerprint density at radius 3 is 2.57 bits per heavy atom. The molecule has 0 amide bonds. The lowest BCUT2D eigenvalue weighted by Crippen LogP contribution is -2.31. The van der Waals surface area contributed by atoms with E-state index in [9.17, 15) is 17.6 Å². The van der Waals surface area contributed by atoms with Crippen molar-refractivity contribution in [2.75, 3.05) is 13.2 Å². The van der Waals surface area contributed by atoms with Crippen molar-refractivity contribution in [2.45, 2.75) is 22.6 Å². The first-order valence-corrected chi connectivity index (χ1v) is 8.72. The van der Waals surface area contributed by atoms with Crippen molar-refractivity contribution in [3.63, 3.8) is 0 Å². The van der Waals surface area contributed by atoms with E-state index in [0.29, 0.717) is 6.42 Å². The third kappa shape index (κ3) is 4.06. The van der Waals surface area contributed by atoms with Crippen LogP contribution in [0.3, 0.4) is 0 Å². The molecule has 1 aromatic carbocycles. The summed E-state index contributed by atoms with van der Waals surface area (Å²) >= 11 is 11.9. The van der Waals surface area contributed by atoms with Gasteiger partial charge in [-0.15, -0.1) is 23.2 Å². The summed E-state index contributed by atoms with van der Waals surface area (Å²) in [6.45, 7) is 1.02. The van der Waals surface area contributed by atoms with Gasteiger partial charge in [0.2, 0.25) is 10.0 Å². The SMILES string of the molecule is CC1(CNS(=O)(=O)c2ccc(OCC(=O)O)c(F)c2)CC1(Cl)Cl. The minimum Gasteiger partial charge on any atom is -0.479 e. The highest BCUT2D eigenvalue weighted by atomic mass is 35.5.